The van der Waals surface area contributed by atoms with Gasteiger partial charge in [0.05, 0.1) is 0 Å². The van der Waals surface area contributed by atoms with Crippen molar-refractivity contribution >= 4 is 12.4 Å². The van der Waals surface area contributed by atoms with E-state index in [1.165, 1.54) is 38.6 Å². The molecule has 90 valence electrons. The van der Waals surface area contributed by atoms with Crippen molar-refractivity contribution in [3.8, 4) is 0 Å². The Morgan fingerprint density at radius 1 is 1.27 bits per heavy atom. The fraction of sp³-hybridized carbons (Fsp3) is 1.00. The van der Waals surface area contributed by atoms with E-state index < -0.39 is 0 Å². The van der Waals surface area contributed by atoms with Gasteiger partial charge in [-0.25, -0.2) is 0 Å². The van der Waals surface area contributed by atoms with Gasteiger partial charge >= 0.3 is 0 Å². The Kier molecular flexibility index (Phi) is 4.49. The predicted octanol–water partition coefficient (Wildman–Crippen LogP) is 3.62. The van der Waals surface area contributed by atoms with Crippen LogP contribution in [-0.4, -0.2) is 12.6 Å². The van der Waals surface area contributed by atoms with Gasteiger partial charge in [0.1, 0.15) is 0 Å². The van der Waals surface area contributed by atoms with Crippen LogP contribution in [0.25, 0.3) is 0 Å². The average Bonchev–Trinajstić information content (AvgIpc) is 2.67. The van der Waals surface area contributed by atoms with Gasteiger partial charge in [-0.15, -0.1) is 12.4 Å². The van der Waals surface area contributed by atoms with E-state index in [-0.39, 0.29) is 12.4 Å². The molecule has 2 aliphatic carbocycles. The van der Waals surface area contributed by atoms with Crippen LogP contribution in [0.4, 0.5) is 0 Å². The molecule has 15 heavy (non-hydrogen) atoms. The molecule has 1 nitrogen and oxygen atoms in total. The van der Waals surface area contributed by atoms with Crippen molar-refractivity contribution in [2.24, 2.45) is 17.3 Å². The van der Waals surface area contributed by atoms with Crippen LogP contribution in [0.15, 0.2) is 0 Å². The van der Waals surface area contributed by atoms with Crippen LogP contribution in [0, 0.1) is 17.3 Å². The van der Waals surface area contributed by atoms with Gasteiger partial charge in [-0.3, -0.25) is 0 Å². The van der Waals surface area contributed by atoms with Crippen LogP contribution < -0.4 is 5.32 Å². The third kappa shape index (κ3) is 2.34. The molecular formula is C13H26ClN. The van der Waals surface area contributed by atoms with E-state index in [1.54, 1.807) is 0 Å². The van der Waals surface area contributed by atoms with Crippen molar-refractivity contribution in [3.05, 3.63) is 0 Å². The second-order valence-corrected chi connectivity index (χ2v) is 5.88. The Bertz CT molecular complexity index is 203. The van der Waals surface area contributed by atoms with Gasteiger partial charge in [0.25, 0.3) is 0 Å². The zero-order valence-electron chi connectivity index (χ0n) is 10.4. The lowest BCUT2D eigenvalue weighted by atomic mass is 9.73. The Balaban J connectivity index is 0.00000112. The number of hydrogen-bond donors (Lipinski definition) is 1. The summed E-state index contributed by atoms with van der Waals surface area (Å²) in [5, 5.41) is 3.80. The summed E-state index contributed by atoms with van der Waals surface area (Å²) in [7, 11) is 0. The molecule has 0 spiro atoms. The SMILES string of the molecule is CCCCNC1C2CCC(C2)C1(C)C.Cl. The Labute approximate surface area is 101 Å². The predicted molar refractivity (Wildman–Crippen MR) is 68.6 cm³/mol. The van der Waals surface area contributed by atoms with Gasteiger partial charge < -0.3 is 5.32 Å². The molecule has 2 rings (SSSR count). The van der Waals surface area contributed by atoms with Crippen LogP contribution in [0.5, 0.6) is 0 Å². The topological polar surface area (TPSA) is 12.0 Å². The summed E-state index contributed by atoms with van der Waals surface area (Å²) in [6, 6.07) is 0.813. The number of halogens is 1. The van der Waals surface area contributed by atoms with Crippen LogP contribution >= 0.6 is 12.4 Å². The minimum absolute atomic E-state index is 0. The van der Waals surface area contributed by atoms with Crippen LogP contribution in [0.2, 0.25) is 0 Å². The molecule has 0 aliphatic heterocycles. The summed E-state index contributed by atoms with van der Waals surface area (Å²) >= 11 is 0. The minimum atomic E-state index is 0. The van der Waals surface area contributed by atoms with Crippen LogP contribution in [0.3, 0.4) is 0 Å². The molecule has 2 aliphatic rings. The van der Waals surface area contributed by atoms with Gasteiger partial charge in [0, 0.05) is 6.04 Å². The average molecular weight is 232 g/mol. The highest BCUT2D eigenvalue weighted by atomic mass is 35.5. The maximum atomic E-state index is 3.80. The summed E-state index contributed by atoms with van der Waals surface area (Å²) in [5.74, 6) is 2.00. The molecule has 0 heterocycles. The zero-order chi connectivity index (χ0) is 10.2. The van der Waals surface area contributed by atoms with Crippen molar-refractivity contribution < 1.29 is 0 Å². The first-order valence-corrected chi connectivity index (χ1v) is 6.39. The molecule has 2 saturated carbocycles. The first kappa shape index (κ1) is 13.3. The van der Waals surface area contributed by atoms with E-state index in [0.717, 1.165) is 17.9 Å². The quantitative estimate of drug-likeness (QED) is 0.729. The maximum Gasteiger partial charge on any atom is 0.0149 e. The van der Waals surface area contributed by atoms with E-state index in [1.807, 2.05) is 0 Å². The molecule has 0 radical (unpaired) electrons. The normalized spacial score (nSPS) is 36.6. The highest BCUT2D eigenvalue weighted by Crippen LogP contribution is 2.55. The van der Waals surface area contributed by atoms with Gasteiger partial charge in [0.15, 0.2) is 0 Å². The second-order valence-electron chi connectivity index (χ2n) is 5.88. The Hall–Kier alpha value is 0.250. The van der Waals surface area contributed by atoms with E-state index in [4.69, 9.17) is 0 Å². The van der Waals surface area contributed by atoms with Crippen molar-refractivity contribution in [2.45, 2.75) is 58.9 Å². The number of rotatable bonds is 4. The summed E-state index contributed by atoms with van der Waals surface area (Å²) in [4.78, 5) is 0. The summed E-state index contributed by atoms with van der Waals surface area (Å²) < 4.78 is 0. The third-order valence-electron chi connectivity index (χ3n) is 4.69. The lowest BCUT2D eigenvalue weighted by Gasteiger charge is -2.39. The highest BCUT2D eigenvalue weighted by Gasteiger charge is 2.52. The molecule has 0 aromatic carbocycles. The first-order chi connectivity index (χ1) is 6.66. The molecule has 2 fully saturated rings. The van der Waals surface area contributed by atoms with Crippen molar-refractivity contribution in [1.29, 1.82) is 0 Å². The molecule has 0 aromatic heterocycles. The van der Waals surface area contributed by atoms with E-state index in [2.05, 4.69) is 26.1 Å². The number of unbranched alkanes of at least 4 members (excludes halogenated alkanes) is 1. The highest BCUT2D eigenvalue weighted by molar-refractivity contribution is 5.85. The van der Waals surface area contributed by atoms with Crippen LogP contribution in [-0.2, 0) is 0 Å². The van der Waals surface area contributed by atoms with E-state index in [0.29, 0.717) is 5.41 Å². The van der Waals surface area contributed by atoms with Gasteiger partial charge in [-0.05, 0) is 49.5 Å². The molecule has 2 heteroatoms. The standard InChI is InChI=1S/C13H25N.ClH/c1-4-5-8-14-12-10-6-7-11(9-10)13(12,2)3;/h10-12,14H,4-9H2,1-3H3;1H. The summed E-state index contributed by atoms with van der Waals surface area (Å²) in [6.45, 7) is 8.45. The molecule has 0 amide bonds. The van der Waals surface area contributed by atoms with Gasteiger partial charge in [0.2, 0.25) is 0 Å². The molecule has 0 saturated heterocycles. The molecule has 3 unspecified atom stereocenters. The summed E-state index contributed by atoms with van der Waals surface area (Å²) in [6.07, 6.45) is 7.12. The van der Waals surface area contributed by atoms with Crippen molar-refractivity contribution in [2.75, 3.05) is 6.54 Å². The fourth-order valence-corrected chi connectivity index (χ4v) is 3.72. The second kappa shape index (κ2) is 5.05. The Morgan fingerprint density at radius 2 is 2.00 bits per heavy atom. The largest absolute Gasteiger partial charge is 0.313 e. The fourth-order valence-electron chi connectivity index (χ4n) is 3.72. The molecule has 3 atom stereocenters. The number of fused-ring (bicyclic) bond motifs is 2. The zero-order valence-corrected chi connectivity index (χ0v) is 11.2. The van der Waals surface area contributed by atoms with E-state index in [9.17, 15) is 0 Å². The maximum absolute atomic E-state index is 3.80. The summed E-state index contributed by atoms with van der Waals surface area (Å²) in [5.41, 5.74) is 0.566. The van der Waals surface area contributed by atoms with Crippen molar-refractivity contribution in [3.63, 3.8) is 0 Å². The third-order valence-corrected chi connectivity index (χ3v) is 4.69. The van der Waals surface area contributed by atoms with E-state index >= 15 is 0 Å². The molecule has 0 aromatic rings. The van der Waals surface area contributed by atoms with Crippen LogP contribution in [0.1, 0.15) is 52.9 Å². The Morgan fingerprint density at radius 3 is 2.53 bits per heavy atom. The molecular weight excluding hydrogens is 206 g/mol. The lowest BCUT2D eigenvalue weighted by Crippen LogP contribution is -2.46. The number of nitrogens with one attached hydrogen (secondary N) is 1. The van der Waals surface area contributed by atoms with Gasteiger partial charge in [-0.1, -0.05) is 27.2 Å². The van der Waals surface area contributed by atoms with Crippen molar-refractivity contribution in [1.82, 2.24) is 5.32 Å². The smallest absolute Gasteiger partial charge is 0.0149 e. The molecule has 1 N–H and O–H groups in total. The first-order valence-electron chi connectivity index (χ1n) is 6.39. The lowest BCUT2D eigenvalue weighted by molar-refractivity contribution is 0.151. The molecule has 2 bridgehead atoms. The minimum Gasteiger partial charge on any atom is -0.313 e. The monoisotopic (exact) mass is 231 g/mol. The van der Waals surface area contributed by atoms with Gasteiger partial charge in [-0.2, -0.15) is 0 Å². The number of hydrogen-bond acceptors (Lipinski definition) is 1.